The van der Waals surface area contributed by atoms with Gasteiger partial charge in [-0.2, -0.15) is 0 Å². The number of ether oxygens (including phenoxy) is 1. The van der Waals surface area contributed by atoms with Crippen LogP contribution < -0.4 is 4.74 Å². The Morgan fingerprint density at radius 2 is 1.84 bits per heavy atom. The van der Waals surface area contributed by atoms with Crippen molar-refractivity contribution in [3.05, 3.63) is 77.5 Å². The molecule has 164 valence electrons. The molecule has 0 N–H and O–H groups in total. The Hall–Kier alpha value is -3.03. The Balaban J connectivity index is 1.36. The second kappa shape index (κ2) is 8.84. The van der Waals surface area contributed by atoms with Crippen molar-refractivity contribution in [3.63, 3.8) is 0 Å². The van der Waals surface area contributed by atoms with Crippen molar-refractivity contribution in [2.75, 3.05) is 26.0 Å². The van der Waals surface area contributed by atoms with Crippen LogP contribution in [0.5, 0.6) is 5.75 Å². The van der Waals surface area contributed by atoms with E-state index in [4.69, 9.17) is 4.74 Å². The monoisotopic (exact) mass is 446 g/mol. The molecule has 0 bridgehead atoms. The smallest absolute Gasteiger partial charge is 0.205 e. The molecule has 1 unspecified atom stereocenters. The summed E-state index contributed by atoms with van der Waals surface area (Å²) in [6, 6.07) is 18.3. The second-order valence-electron chi connectivity index (χ2n) is 8.07. The number of fused-ring (bicyclic) bond motifs is 2. The summed E-state index contributed by atoms with van der Waals surface area (Å²) < 4.78 is 20.5. The van der Waals surface area contributed by atoms with E-state index in [-0.39, 0.29) is 0 Å². The fourth-order valence-corrected chi connectivity index (χ4v) is 4.99. The van der Waals surface area contributed by atoms with Crippen molar-refractivity contribution >= 4 is 21.8 Å². The third kappa shape index (κ3) is 3.94. The van der Waals surface area contributed by atoms with Crippen molar-refractivity contribution in [3.8, 4) is 11.6 Å². The van der Waals surface area contributed by atoms with Crippen LogP contribution in [0.3, 0.4) is 0 Å². The van der Waals surface area contributed by atoms with Gasteiger partial charge in [-0.05, 0) is 42.7 Å². The van der Waals surface area contributed by atoms with Crippen LogP contribution in [0, 0.1) is 6.92 Å². The molecule has 4 aromatic rings. The maximum Gasteiger partial charge on any atom is 0.205 e. The molecule has 0 spiro atoms. The van der Waals surface area contributed by atoms with Gasteiger partial charge in [0.15, 0.2) is 0 Å². The Bertz CT molecular complexity index is 1300. The van der Waals surface area contributed by atoms with Crippen LogP contribution in [-0.4, -0.2) is 49.6 Å². The first kappa shape index (κ1) is 20.8. The Morgan fingerprint density at radius 1 is 1.06 bits per heavy atom. The van der Waals surface area contributed by atoms with Crippen LogP contribution in [0.4, 0.5) is 0 Å². The second-order valence-corrected chi connectivity index (χ2v) is 9.35. The number of hydrogen-bond acceptors (Lipinski definition) is 5. The highest BCUT2D eigenvalue weighted by atomic mass is 32.2. The first-order chi connectivity index (χ1) is 15.6. The molecule has 1 aliphatic rings. The lowest BCUT2D eigenvalue weighted by Gasteiger charge is -2.28. The summed E-state index contributed by atoms with van der Waals surface area (Å²) in [5, 5.41) is 0.492. The van der Waals surface area contributed by atoms with Crippen LogP contribution in [-0.2, 0) is 23.8 Å². The predicted molar refractivity (Wildman–Crippen MR) is 127 cm³/mol. The Labute approximate surface area is 190 Å². The number of rotatable bonds is 6. The SMILES string of the molecule is Cc1c(OCCN2CCc3ccccc3C2)ccnc1-n1c(S(C)=O)nc2ccccc21. The van der Waals surface area contributed by atoms with Gasteiger partial charge in [-0.3, -0.25) is 13.7 Å². The molecule has 32 heavy (non-hydrogen) atoms. The quantitative estimate of drug-likeness (QED) is 0.450. The molecular formula is C25H26N4O2S. The third-order valence-electron chi connectivity index (χ3n) is 6.00. The van der Waals surface area contributed by atoms with Gasteiger partial charge in [-0.1, -0.05) is 36.4 Å². The zero-order valence-corrected chi connectivity index (χ0v) is 19.1. The number of hydrogen-bond donors (Lipinski definition) is 0. The summed E-state index contributed by atoms with van der Waals surface area (Å²) in [6.45, 7) is 5.47. The molecule has 2 aromatic heterocycles. The standard InChI is InChI=1S/C25H26N4O2S/c1-18-23(31-16-15-28-14-12-19-7-3-4-8-20(19)17-28)11-13-26-24(18)29-22-10-6-5-9-21(22)27-25(29)32(2)30/h3-11,13H,12,14-17H2,1-2H3. The zero-order valence-electron chi connectivity index (χ0n) is 18.3. The molecule has 1 atom stereocenters. The maximum absolute atomic E-state index is 12.4. The van der Waals surface area contributed by atoms with Gasteiger partial charge in [0.25, 0.3) is 0 Å². The molecule has 0 radical (unpaired) electrons. The van der Waals surface area contributed by atoms with Gasteiger partial charge in [0.05, 0.1) is 21.8 Å². The molecule has 6 nitrogen and oxygen atoms in total. The lowest BCUT2D eigenvalue weighted by Crippen LogP contribution is -2.33. The molecule has 5 rings (SSSR count). The highest BCUT2D eigenvalue weighted by Gasteiger charge is 2.20. The predicted octanol–water partition coefficient (Wildman–Crippen LogP) is 3.90. The number of benzene rings is 2. The summed E-state index contributed by atoms with van der Waals surface area (Å²) in [5.41, 5.74) is 5.46. The molecule has 2 aromatic carbocycles. The van der Waals surface area contributed by atoms with Gasteiger partial charge in [0, 0.05) is 37.7 Å². The number of imidazole rings is 1. The summed E-state index contributed by atoms with van der Waals surface area (Å²) in [5.74, 6) is 1.49. The van der Waals surface area contributed by atoms with E-state index in [2.05, 4.69) is 39.1 Å². The van der Waals surface area contributed by atoms with Gasteiger partial charge in [0.1, 0.15) is 18.2 Å². The van der Waals surface area contributed by atoms with E-state index in [1.54, 1.807) is 12.5 Å². The summed E-state index contributed by atoms with van der Waals surface area (Å²) in [6.07, 6.45) is 4.47. The highest BCUT2D eigenvalue weighted by molar-refractivity contribution is 7.84. The average Bonchev–Trinajstić information content (AvgIpc) is 3.20. The normalized spacial score (nSPS) is 14.9. The first-order valence-electron chi connectivity index (χ1n) is 10.8. The molecule has 0 aliphatic carbocycles. The molecule has 0 saturated heterocycles. The van der Waals surface area contributed by atoms with E-state index in [0.717, 1.165) is 48.4 Å². The average molecular weight is 447 g/mol. The molecule has 3 heterocycles. The summed E-state index contributed by atoms with van der Waals surface area (Å²) in [4.78, 5) is 11.6. The topological polar surface area (TPSA) is 60.2 Å². The van der Waals surface area contributed by atoms with Crippen molar-refractivity contribution in [1.82, 2.24) is 19.4 Å². The number of nitrogens with zero attached hydrogens (tertiary/aromatic N) is 4. The zero-order chi connectivity index (χ0) is 22.1. The fraction of sp³-hybridized carbons (Fsp3) is 0.280. The lowest BCUT2D eigenvalue weighted by molar-refractivity contribution is 0.195. The van der Waals surface area contributed by atoms with Crippen molar-refractivity contribution in [1.29, 1.82) is 0 Å². The first-order valence-corrected chi connectivity index (χ1v) is 12.4. The number of pyridine rings is 1. The fourth-order valence-electron chi connectivity index (χ4n) is 4.32. The van der Waals surface area contributed by atoms with Crippen molar-refractivity contribution < 1.29 is 8.95 Å². The van der Waals surface area contributed by atoms with Gasteiger partial charge in [-0.25, -0.2) is 9.97 Å². The molecule has 0 fully saturated rings. The van der Waals surface area contributed by atoms with E-state index in [9.17, 15) is 4.21 Å². The molecular weight excluding hydrogens is 420 g/mol. The van der Waals surface area contributed by atoms with E-state index in [0.29, 0.717) is 17.6 Å². The molecule has 0 amide bonds. The minimum absolute atomic E-state index is 0.492. The van der Waals surface area contributed by atoms with Crippen LogP contribution in [0.15, 0.2) is 66.0 Å². The van der Waals surface area contributed by atoms with E-state index < -0.39 is 10.8 Å². The van der Waals surface area contributed by atoms with Crippen molar-refractivity contribution in [2.45, 2.75) is 25.0 Å². The van der Waals surface area contributed by atoms with E-state index >= 15 is 0 Å². The Morgan fingerprint density at radius 3 is 2.69 bits per heavy atom. The molecule has 7 heteroatoms. The lowest BCUT2D eigenvalue weighted by atomic mass is 10.0. The largest absolute Gasteiger partial charge is 0.492 e. The van der Waals surface area contributed by atoms with Crippen LogP contribution >= 0.6 is 0 Å². The van der Waals surface area contributed by atoms with Crippen LogP contribution in [0.1, 0.15) is 16.7 Å². The summed E-state index contributed by atoms with van der Waals surface area (Å²) >= 11 is 0. The van der Waals surface area contributed by atoms with Crippen LogP contribution in [0.2, 0.25) is 0 Å². The summed E-state index contributed by atoms with van der Waals surface area (Å²) in [7, 11) is -1.25. The third-order valence-corrected chi connectivity index (χ3v) is 6.79. The van der Waals surface area contributed by atoms with Crippen LogP contribution in [0.25, 0.3) is 16.9 Å². The van der Waals surface area contributed by atoms with Gasteiger partial charge < -0.3 is 4.74 Å². The van der Waals surface area contributed by atoms with Gasteiger partial charge in [0.2, 0.25) is 5.16 Å². The maximum atomic E-state index is 12.4. The number of para-hydroxylation sites is 2. The van der Waals surface area contributed by atoms with Crippen molar-refractivity contribution in [2.24, 2.45) is 0 Å². The highest BCUT2D eigenvalue weighted by Crippen LogP contribution is 2.28. The minimum Gasteiger partial charge on any atom is -0.492 e. The number of aromatic nitrogens is 3. The van der Waals surface area contributed by atoms with E-state index in [1.807, 2.05) is 41.8 Å². The van der Waals surface area contributed by atoms with Gasteiger partial charge >= 0.3 is 0 Å². The molecule has 1 aliphatic heterocycles. The Kier molecular flexibility index (Phi) is 5.76. The van der Waals surface area contributed by atoms with E-state index in [1.165, 1.54) is 11.1 Å². The minimum atomic E-state index is -1.25. The molecule has 0 saturated carbocycles. The van der Waals surface area contributed by atoms with Gasteiger partial charge in [-0.15, -0.1) is 0 Å².